The summed E-state index contributed by atoms with van der Waals surface area (Å²) in [6, 6.07) is 5.18. The number of halogens is 1. The van der Waals surface area contributed by atoms with Crippen molar-refractivity contribution in [2.75, 3.05) is 0 Å². The summed E-state index contributed by atoms with van der Waals surface area (Å²) in [5, 5.41) is 13.6. The van der Waals surface area contributed by atoms with E-state index in [1.807, 2.05) is 0 Å². The maximum atomic E-state index is 11.9. The molecular weight excluding hydrogens is 316 g/mol. The minimum Gasteiger partial charge on any atom is -0.481 e. The number of benzene rings is 1. The number of nitrogens with one attached hydrogen (secondary N) is 2. The summed E-state index contributed by atoms with van der Waals surface area (Å²) < 4.78 is 0.791. The third-order valence-corrected chi connectivity index (χ3v) is 3.24. The van der Waals surface area contributed by atoms with Crippen molar-refractivity contribution in [3.8, 4) is 0 Å². The summed E-state index contributed by atoms with van der Waals surface area (Å²) in [5.74, 6) is -2.04. The van der Waals surface area contributed by atoms with Gasteiger partial charge in [-0.1, -0.05) is 28.1 Å². The van der Waals surface area contributed by atoms with Crippen LogP contribution in [0.4, 0.5) is 0 Å². The van der Waals surface area contributed by atoms with Gasteiger partial charge in [0.2, 0.25) is 11.8 Å². The first-order valence-corrected chi connectivity index (χ1v) is 6.34. The van der Waals surface area contributed by atoms with Gasteiger partial charge in [-0.2, -0.15) is 0 Å². The number of carbonyl (C=O) groups excluding carboxylic acids is 2. The number of hydrogen-bond acceptors (Lipinski definition) is 3. The van der Waals surface area contributed by atoms with Gasteiger partial charge in [0.15, 0.2) is 0 Å². The first kappa shape index (κ1) is 13.5. The van der Waals surface area contributed by atoms with Crippen LogP contribution in [-0.2, 0) is 14.4 Å². The fraction of sp³-hybridized carbons (Fsp3) is 0.250. The monoisotopic (exact) mass is 326 g/mol. The van der Waals surface area contributed by atoms with Crippen LogP contribution in [0.25, 0.3) is 0 Å². The van der Waals surface area contributed by atoms with Gasteiger partial charge in [0.05, 0.1) is 6.42 Å². The lowest BCUT2D eigenvalue weighted by atomic mass is 10.0. The molecule has 1 fully saturated rings. The second-order valence-corrected chi connectivity index (χ2v) is 5.07. The third-order valence-electron chi connectivity index (χ3n) is 2.74. The SMILES string of the molecule is O=C(O)C[C@@H]1NC(=O)[C@@H](c2cccc(Br)c2)NC1=O. The summed E-state index contributed by atoms with van der Waals surface area (Å²) in [5.41, 5.74) is 0.633. The molecular formula is C12H11BrN2O4. The van der Waals surface area contributed by atoms with Crippen molar-refractivity contribution in [3.05, 3.63) is 34.3 Å². The molecule has 0 aromatic heterocycles. The summed E-state index contributed by atoms with van der Waals surface area (Å²) in [6.07, 6.45) is -0.428. The molecule has 1 aromatic rings. The zero-order valence-corrected chi connectivity index (χ0v) is 11.3. The van der Waals surface area contributed by atoms with E-state index in [9.17, 15) is 14.4 Å². The molecule has 1 aliphatic heterocycles. The molecule has 100 valence electrons. The Balaban J connectivity index is 2.17. The minimum atomic E-state index is -1.14. The van der Waals surface area contributed by atoms with Gasteiger partial charge in [-0.05, 0) is 17.7 Å². The van der Waals surface area contributed by atoms with Crippen LogP contribution in [0.2, 0.25) is 0 Å². The van der Waals surface area contributed by atoms with Crippen LogP contribution in [-0.4, -0.2) is 28.9 Å². The molecule has 19 heavy (non-hydrogen) atoms. The summed E-state index contributed by atoms with van der Waals surface area (Å²) in [7, 11) is 0. The summed E-state index contributed by atoms with van der Waals surface area (Å²) in [6.45, 7) is 0. The van der Waals surface area contributed by atoms with Gasteiger partial charge in [-0.15, -0.1) is 0 Å². The van der Waals surface area contributed by atoms with E-state index in [-0.39, 0.29) is 0 Å². The molecule has 1 aliphatic rings. The van der Waals surface area contributed by atoms with Crippen molar-refractivity contribution in [1.82, 2.24) is 10.6 Å². The Morgan fingerprint density at radius 3 is 2.63 bits per heavy atom. The van der Waals surface area contributed by atoms with Gasteiger partial charge >= 0.3 is 5.97 Å². The number of carboxylic acid groups (broad SMARTS) is 1. The average Bonchev–Trinajstić information content (AvgIpc) is 2.32. The van der Waals surface area contributed by atoms with Crippen molar-refractivity contribution in [2.45, 2.75) is 18.5 Å². The molecule has 0 unspecified atom stereocenters. The van der Waals surface area contributed by atoms with Crippen LogP contribution in [0, 0.1) is 0 Å². The lowest BCUT2D eigenvalue weighted by molar-refractivity contribution is -0.143. The first-order valence-electron chi connectivity index (χ1n) is 5.55. The zero-order valence-electron chi connectivity index (χ0n) is 9.72. The van der Waals surface area contributed by atoms with Gasteiger partial charge in [0.25, 0.3) is 0 Å². The second-order valence-electron chi connectivity index (χ2n) is 4.16. The molecule has 2 atom stereocenters. The fourth-order valence-corrected chi connectivity index (χ4v) is 2.29. The van der Waals surface area contributed by atoms with Crippen LogP contribution in [0.15, 0.2) is 28.7 Å². The molecule has 1 saturated heterocycles. The first-order chi connectivity index (χ1) is 8.97. The van der Waals surface area contributed by atoms with E-state index in [0.29, 0.717) is 5.56 Å². The van der Waals surface area contributed by atoms with Gasteiger partial charge in [0, 0.05) is 4.47 Å². The summed E-state index contributed by atoms with van der Waals surface area (Å²) in [4.78, 5) is 34.2. The van der Waals surface area contributed by atoms with Gasteiger partial charge in [0.1, 0.15) is 12.1 Å². The van der Waals surface area contributed by atoms with Crippen molar-refractivity contribution in [3.63, 3.8) is 0 Å². The van der Waals surface area contributed by atoms with Crippen LogP contribution >= 0.6 is 15.9 Å². The second kappa shape index (κ2) is 5.40. The highest BCUT2D eigenvalue weighted by atomic mass is 79.9. The standard InChI is InChI=1S/C12H11BrN2O4/c13-7-3-1-2-6(4-7)10-12(19)14-8(5-9(16)17)11(18)15-10/h1-4,8,10H,5H2,(H,14,19)(H,15,18)(H,16,17)/t8-,10+/m0/s1. The molecule has 0 radical (unpaired) electrons. The molecule has 0 aliphatic carbocycles. The molecule has 2 amide bonds. The maximum Gasteiger partial charge on any atom is 0.305 e. The molecule has 1 heterocycles. The van der Waals surface area contributed by atoms with E-state index >= 15 is 0 Å². The number of piperazine rings is 1. The number of rotatable bonds is 3. The molecule has 0 bridgehead atoms. The molecule has 0 saturated carbocycles. The van der Waals surface area contributed by atoms with Crippen molar-refractivity contribution in [2.24, 2.45) is 0 Å². The summed E-state index contributed by atoms with van der Waals surface area (Å²) >= 11 is 3.29. The zero-order chi connectivity index (χ0) is 14.0. The van der Waals surface area contributed by atoms with Crippen LogP contribution in [0.3, 0.4) is 0 Å². The van der Waals surface area contributed by atoms with Gasteiger partial charge in [-0.25, -0.2) is 0 Å². The number of carboxylic acids is 1. The van der Waals surface area contributed by atoms with Crippen molar-refractivity contribution < 1.29 is 19.5 Å². The number of amides is 2. The quantitative estimate of drug-likeness (QED) is 0.757. The van der Waals surface area contributed by atoms with E-state index in [2.05, 4.69) is 26.6 Å². The number of hydrogen-bond donors (Lipinski definition) is 3. The lowest BCUT2D eigenvalue weighted by Gasteiger charge is -2.29. The van der Waals surface area contributed by atoms with Crippen molar-refractivity contribution >= 4 is 33.7 Å². The Morgan fingerprint density at radius 2 is 2.00 bits per heavy atom. The molecule has 3 N–H and O–H groups in total. The predicted molar refractivity (Wildman–Crippen MR) is 69.2 cm³/mol. The lowest BCUT2D eigenvalue weighted by Crippen LogP contribution is -2.58. The largest absolute Gasteiger partial charge is 0.481 e. The molecule has 2 rings (SSSR count). The van der Waals surface area contributed by atoms with Gasteiger partial charge in [-0.3, -0.25) is 14.4 Å². The van der Waals surface area contributed by atoms with E-state index in [4.69, 9.17) is 5.11 Å². The van der Waals surface area contributed by atoms with Crippen LogP contribution < -0.4 is 10.6 Å². The van der Waals surface area contributed by atoms with Crippen LogP contribution in [0.5, 0.6) is 0 Å². The number of carbonyl (C=O) groups is 3. The predicted octanol–water partition coefficient (Wildman–Crippen LogP) is 0.579. The minimum absolute atomic E-state index is 0.413. The smallest absolute Gasteiger partial charge is 0.305 e. The highest BCUT2D eigenvalue weighted by Gasteiger charge is 2.35. The molecule has 1 aromatic carbocycles. The highest BCUT2D eigenvalue weighted by Crippen LogP contribution is 2.21. The Hall–Kier alpha value is -1.89. The average molecular weight is 327 g/mol. The maximum absolute atomic E-state index is 11.9. The Labute approximate surface area is 117 Å². The van der Waals surface area contributed by atoms with Crippen molar-refractivity contribution in [1.29, 1.82) is 0 Å². The van der Waals surface area contributed by atoms with Crippen LogP contribution in [0.1, 0.15) is 18.0 Å². The Bertz CT molecular complexity index is 546. The van der Waals surface area contributed by atoms with E-state index in [1.165, 1.54) is 0 Å². The topological polar surface area (TPSA) is 95.5 Å². The third kappa shape index (κ3) is 3.11. The number of aliphatic carboxylic acids is 1. The molecule has 0 spiro atoms. The van der Waals surface area contributed by atoms with Gasteiger partial charge < -0.3 is 15.7 Å². The normalized spacial score (nSPS) is 22.6. The molecule has 7 heteroatoms. The Kier molecular flexibility index (Phi) is 3.84. The highest BCUT2D eigenvalue weighted by molar-refractivity contribution is 9.10. The Morgan fingerprint density at radius 1 is 1.26 bits per heavy atom. The van der Waals surface area contributed by atoms with E-state index < -0.39 is 36.3 Å². The molecule has 6 nitrogen and oxygen atoms in total. The van der Waals surface area contributed by atoms with E-state index in [1.54, 1.807) is 24.3 Å². The van der Waals surface area contributed by atoms with E-state index in [0.717, 1.165) is 4.47 Å². The fourth-order valence-electron chi connectivity index (χ4n) is 1.87.